The first-order valence-corrected chi connectivity index (χ1v) is 6.17. The minimum absolute atomic E-state index is 0.549. The molecule has 5 nitrogen and oxygen atoms in total. The van der Waals surface area contributed by atoms with Gasteiger partial charge in [-0.25, -0.2) is 0 Å². The molecule has 0 aliphatic rings. The smallest absolute Gasteiger partial charge is 0.223 e. The molecular formula is C9H9Br2N3O2. The minimum Gasteiger partial charge on any atom is -0.452 e. The van der Waals surface area contributed by atoms with Gasteiger partial charge in [-0.15, -0.1) is 0 Å². The van der Waals surface area contributed by atoms with E-state index < -0.39 is 0 Å². The Hall–Kier alpha value is -0.660. The van der Waals surface area contributed by atoms with E-state index in [9.17, 15) is 0 Å². The van der Waals surface area contributed by atoms with Gasteiger partial charge in [-0.2, -0.15) is 4.98 Å². The number of furan rings is 1. The van der Waals surface area contributed by atoms with E-state index in [1.807, 2.05) is 6.07 Å². The van der Waals surface area contributed by atoms with Crippen LogP contribution in [0.2, 0.25) is 0 Å². The second-order valence-electron chi connectivity index (χ2n) is 3.17. The molecule has 0 aliphatic carbocycles. The second-order valence-corrected chi connectivity index (χ2v) is 4.74. The van der Waals surface area contributed by atoms with Crippen LogP contribution in [0.1, 0.15) is 17.5 Å². The third kappa shape index (κ3) is 2.93. The minimum atomic E-state index is 0.549. The lowest BCUT2D eigenvalue weighted by atomic mass is 10.4. The summed E-state index contributed by atoms with van der Waals surface area (Å²) in [6.45, 7) is 2.92. The first-order chi connectivity index (χ1) is 7.65. The number of aromatic nitrogens is 2. The van der Waals surface area contributed by atoms with E-state index in [-0.39, 0.29) is 0 Å². The zero-order valence-corrected chi connectivity index (χ0v) is 11.6. The zero-order chi connectivity index (χ0) is 11.5. The molecule has 86 valence electrons. The molecule has 7 heteroatoms. The fraction of sp³-hybridized carbons (Fsp3) is 0.333. The Kier molecular flexibility index (Phi) is 3.78. The number of aryl methyl sites for hydroxylation is 1. The molecule has 0 aromatic carbocycles. The van der Waals surface area contributed by atoms with Gasteiger partial charge in [-0.05, 0) is 37.9 Å². The highest BCUT2D eigenvalue weighted by Gasteiger charge is 2.06. The average Bonchev–Trinajstić information content (AvgIpc) is 2.75. The van der Waals surface area contributed by atoms with Gasteiger partial charge in [-0.1, -0.05) is 5.16 Å². The van der Waals surface area contributed by atoms with Crippen LogP contribution in [0.3, 0.4) is 0 Å². The van der Waals surface area contributed by atoms with Gasteiger partial charge in [0.05, 0.1) is 17.6 Å². The maximum atomic E-state index is 5.40. The van der Waals surface area contributed by atoms with Crippen molar-refractivity contribution in [1.82, 2.24) is 15.5 Å². The van der Waals surface area contributed by atoms with Crippen molar-refractivity contribution in [3.8, 4) is 0 Å². The van der Waals surface area contributed by atoms with Gasteiger partial charge in [0.15, 0.2) is 10.5 Å². The number of hydrogen-bond acceptors (Lipinski definition) is 5. The predicted molar refractivity (Wildman–Crippen MR) is 63.7 cm³/mol. The molecule has 0 amide bonds. The third-order valence-corrected chi connectivity index (χ3v) is 3.56. The summed E-state index contributed by atoms with van der Waals surface area (Å²) in [5.74, 6) is 2.04. The van der Waals surface area contributed by atoms with Crippen molar-refractivity contribution in [3.05, 3.63) is 32.7 Å². The highest BCUT2D eigenvalue weighted by Crippen LogP contribution is 2.26. The molecule has 0 spiro atoms. The van der Waals surface area contributed by atoms with Crippen molar-refractivity contribution < 1.29 is 8.94 Å². The largest absolute Gasteiger partial charge is 0.452 e. The fourth-order valence-electron chi connectivity index (χ4n) is 1.19. The highest BCUT2D eigenvalue weighted by molar-refractivity contribution is 9.13. The van der Waals surface area contributed by atoms with E-state index in [0.717, 1.165) is 10.2 Å². The topological polar surface area (TPSA) is 64.1 Å². The lowest BCUT2D eigenvalue weighted by molar-refractivity contribution is 0.384. The molecule has 16 heavy (non-hydrogen) atoms. The molecule has 1 N–H and O–H groups in total. The summed E-state index contributed by atoms with van der Waals surface area (Å²) in [5, 5.41) is 6.92. The molecule has 0 radical (unpaired) electrons. The predicted octanol–water partition coefficient (Wildman–Crippen LogP) is 2.79. The first-order valence-electron chi connectivity index (χ1n) is 4.59. The van der Waals surface area contributed by atoms with Crippen molar-refractivity contribution in [3.63, 3.8) is 0 Å². The van der Waals surface area contributed by atoms with Crippen LogP contribution in [-0.2, 0) is 13.1 Å². The van der Waals surface area contributed by atoms with E-state index >= 15 is 0 Å². The Labute approximate surface area is 109 Å². The fourth-order valence-corrected chi connectivity index (χ4v) is 1.85. The average molecular weight is 351 g/mol. The SMILES string of the molecule is Cc1nc(CNCc2cc(Br)c(Br)o2)no1. The molecule has 0 saturated carbocycles. The summed E-state index contributed by atoms with van der Waals surface area (Å²) in [6.07, 6.45) is 0. The maximum Gasteiger partial charge on any atom is 0.223 e. The van der Waals surface area contributed by atoms with Gasteiger partial charge in [0.2, 0.25) is 5.89 Å². The zero-order valence-electron chi connectivity index (χ0n) is 8.46. The van der Waals surface area contributed by atoms with Crippen LogP contribution in [0.4, 0.5) is 0 Å². The van der Waals surface area contributed by atoms with Crippen molar-refractivity contribution in [2.24, 2.45) is 0 Å². The van der Waals surface area contributed by atoms with Gasteiger partial charge >= 0.3 is 0 Å². The van der Waals surface area contributed by atoms with Crippen LogP contribution in [0.5, 0.6) is 0 Å². The van der Waals surface area contributed by atoms with Gasteiger partial charge in [-0.3, -0.25) is 0 Å². The molecule has 2 heterocycles. The molecule has 0 atom stereocenters. The number of nitrogens with one attached hydrogen (secondary N) is 1. The second kappa shape index (κ2) is 5.11. The van der Waals surface area contributed by atoms with E-state index in [0.29, 0.717) is 29.5 Å². The summed E-state index contributed by atoms with van der Waals surface area (Å²) in [6, 6.07) is 1.90. The molecule has 2 aromatic rings. The number of halogens is 2. The Morgan fingerprint density at radius 1 is 1.38 bits per heavy atom. The van der Waals surface area contributed by atoms with Crippen LogP contribution in [0.25, 0.3) is 0 Å². The molecule has 0 saturated heterocycles. The van der Waals surface area contributed by atoms with Crippen LogP contribution in [0, 0.1) is 6.92 Å². The Morgan fingerprint density at radius 2 is 2.19 bits per heavy atom. The summed E-state index contributed by atoms with van der Waals surface area (Å²) >= 11 is 6.62. The Bertz CT molecular complexity index is 461. The molecular weight excluding hydrogens is 342 g/mol. The lowest BCUT2D eigenvalue weighted by Crippen LogP contribution is -2.13. The van der Waals surface area contributed by atoms with E-state index in [1.165, 1.54) is 0 Å². The third-order valence-electron chi connectivity index (χ3n) is 1.85. The lowest BCUT2D eigenvalue weighted by Gasteiger charge is -1.97. The molecule has 0 bridgehead atoms. The van der Waals surface area contributed by atoms with Crippen molar-refractivity contribution in [2.75, 3.05) is 0 Å². The van der Waals surface area contributed by atoms with Crippen molar-refractivity contribution in [1.29, 1.82) is 0 Å². The molecule has 0 aliphatic heterocycles. The summed E-state index contributed by atoms with van der Waals surface area (Å²) in [5.41, 5.74) is 0. The van der Waals surface area contributed by atoms with Crippen LogP contribution in [0.15, 0.2) is 24.1 Å². The van der Waals surface area contributed by atoms with E-state index in [2.05, 4.69) is 47.3 Å². The molecule has 2 rings (SSSR count). The van der Waals surface area contributed by atoms with Gasteiger partial charge < -0.3 is 14.3 Å². The Morgan fingerprint density at radius 3 is 2.75 bits per heavy atom. The standard InChI is InChI=1S/C9H9Br2N3O2/c1-5-13-8(14-16-5)4-12-3-6-2-7(10)9(11)15-6/h2,12H,3-4H2,1H3. The molecule has 0 unspecified atom stereocenters. The number of hydrogen-bond donors (Lipinski definition) is 1. The Balaban J connectivity index is 1.84. The van der Waals surface area contributed by atoms with E-state index in [4.69, 9.17) is 8.94 Å². The first kappa shape index (κ1) is 11.8. The molecule has 0 fully saturated rings. The molecule has 2 aromatic heterocycles. The summed E-state index contributed by atoms with van der Waals surface area (Å²) in [4.78, 5) is 4.08. The van der Waals surface area contributed by atoms with E-state index in [1.54, 1.807) is 6.92 Å². The van der Waals surface area contributed by atoms with Crippen molar-refractivity contribution in [2.45, 2.75) is 20.0 Å². The summed E-state index contributed by atoms with van der Waals surface area (Å²) in [7, 11) is 0. The van der Waals surface area contributed by atoms with Crippen LogP contribution >= 0.6 is 31.9 Å². The maximum absolute atomic E-state index is 5.40. The van der Waals surface area contributed by atoms with Gasteiger partial charge in [0.25, 0.3) is 0 Å². The van der Waals surface area contributed by atoms with Gasteiger partial charge in [0, 0.05) is 6.92 Å². The monoisotopic (exact) mass is 349 g/mol. The van der Waals surface area contributed by atoms with Crippen molar-refractivity contribution >= 4 is 31.9 Å². The highest BCUT2D eigenvalue weighted by atomic mass is 79.9. The summed E-state index contributed by atoms with van der Waals surface area (Å²) < 4.78 is 11.8. The number of nitrogens with zero attached hydrogens (tertiary/aromatic N) is 2. The van der Waals surface area contributed by atoms with Gasteiger partial charge in [0.1, 0.15) is 5.76 Å². The normalized spacial score (nSPS) is 10.9. The van der Waals surface area contributed by atoms with Crippen LogP contribution in [-0.4, -0.2) is 10.1 Å². The quantitative estimate of drug-likeness (QED) is 0.918. The number of rotatable bonds is 4. The van der Waals surface area contributed by atoms with Crippen LogP contribution < -0.4 is 5.32 Å².